The first-order chi connectivity index (χ1) is 18.9. The summed E-state index contributed by atoms with van der Waals surface area (Å²) in [4.78, 5) is -0.246. The van der Waals surface area contributed by atoms with Crippen molar-refractivity contribution in [1.82, 2.24) is 0 Å². The van der Waals surface area contributed by atoms with Crippen molar-refractivity contribution in [1.29, 1.82) is 0 Å². The van der Waals surface area contributed by atoms with Crippen molar-refractivity contribution < 1.29 is 25.9 Å². The molecule has 0 heterocycles. The molecule has 4 rings (SSSR count). The molecule has 0 saturated carbocycles. The topological polar surface area (TPSA) is 114 Å². The van der Waals surface area contributed by atoms with Gasteiger partial charge in [0.05, 0.1) is 9.79 Å². The van der Waals surface area contributed by atoms with Gasteiger partial charge in [-0.2, -0.15) is 0 Å². The number of hydrogen-bond acceptors (Lipinski definition) is 6. The number of hydrogen-bond donors (Lipinski definition) is 0. The molecular formula is C32H38CaO6S2. The van der Waals surface area contributed by atoms with Crippen LogP contribution in [0, 0.1) is 0 Å². The van der Waals surface area contributed by atoms with Gasteiger partial charge in [-0.05, 0) is 93.7 Å². The van der Waals surface area contributed by atoms with Crippen LogP contribution in [0.5, 0.6) is 0 Å². The van der Waals surface area contributed by atoms with E-state index >= 15 is 0 Å². The summed E-state index contributed by atoms with van der Waals surface area (Å²) < 4.78 is 67.7. The first kappa shape index (κ1) is 35.7. The van der Waals surface area contributed by atoms with Gasteiger partial charge in [0, 0.05) is 0 Å². The van der Waals surface area contributed by atoms with Crippen LogP contribution in [0.2, 0.25) is 0 Å². The van der Waals surface area contributed by atoms with Crippen molar-refractivity contribution in [2.24, 2.45) is 0 Å². The van der Waals surface area contributed by atoms with Crippen molar-refractivity contribution >= 4 is 79.5 Å². The van der Waals surface area contributed by atoms with E-state index in [-0.39, 0.29) is 47.5 Å². The predicted molar refractivity (Wildman–Crippen MR) is 166 cm³/mol. The Morgan fingerprint density at radius 2 is 0.829 bits per heavy atom. The van der Waals surface area contributed by atoms with Gasteiger partial charge in [-0.3, -0.25) is 0 Å². The molecule has 0 N–H and O–H groups in total. The van der Waals surface area contributed by atoms with E-state index in [1.54, 1.807) is 12.1 Å². The minimum absolute atomic E-state index is 0. The van der Waals surface area contributed by atoms with Crippen molar-refractivity contribution in [3.05, 3.63) is 82.9 Å². The fourth-order valence-electron chi connectivity index (χ4n) is 5.32. The van der Waals surface area contributed by atoms with Crippen LogP contribution in [0.4, 0.5) is 0 Å². The molecule has 41 heavy (non-hydrogen) atoms. The third-order valence-electron chi connectivity index (χ3n) is 6.89. The molecule has 0 fully saturated rings. The summed E-state index contributed by atoms with van der Waals surface area (Å²) in [5, 5.41) is 3.92. The van der Waals surface area contributed by atoms with Gasteiger partial charge in [-0.1, -0.05) is 89.8 Å². The van der Waals surface area contributed by atoms with Crippen molar-refractivity contribution in [2.75, 3.05) is 0 Å². The Morgan fingerprint density at radius 3 is 1.12 bits per heavy atom. The van der Waals surface area contributed by atoms with E-state index in [1.165, 1.54) is 23.3 Å². The van der Waals surface area contributed by atoms with E-state index in [9.17, 15) is 25.9 Å². The molecule has 6 nitrogen and oxygen atoms in total. The fourth-order valence-corrected chi connectivity index (χ4v) is 6.43. The van der Waals surface area contributed by atoms with Crippen LogP contribution in [-0.4, -0.2) is 63.7 Å². The maximum Gasteiger partial charge on any atom is 2.00 e. The minimum Gasteiger partial charge on any atom is -0.744 e. The average Bonchev–Trinajstić information content (AvgIpc) is 2.88. The normalized spacial score (nSPS) is 11.7. The maximum atomic E-state index is 11.3. The van der Waals surface area contributed by atoms with Gasteiger partial charge >= 0.3 is 37.7 Å². The Morgan fingerprint density at radius 1 is 0.512 bits per heavy atom. The van der Waals surface area contributed by atoms with E-state index in [0.717, 1.165) is 84.0 Å². The second-order valence-electron chi connectivity index (χ2n) is 10.1. The molecule has 9 heteroatoms. The summed E-state index contributed by atoms with van der Waals surface area (Å²) in [5.74, 6) is 0. The largest absolute Gasteiger partial charge is 2.00 e. The zero-order valence-electron chi connectivity index (χ0n) is 24.4. The van der Waals surface area contributed by atoms with Crippen LogP contribution < -0.4 is 0 Å². The second kappa shape index (κ2) is 15.8. The summed E-state index contributed by atoms with van der Waals surface area (Å²) in [7, 11) is -8.82. The van der Waals surface area contributed by atoms with Gasteiger partial charge in [-0.25, -0.2) is 16.8 Å². The second-order valence-corrected chi connectivity index (χ2v) is 12.9. The first-order valence-corrected chi connectivity index (χ1v) is 16.8. The van der Waals surface area contributed by atoms with Gasteiger partial charge in [0.25, 0.3) is 0 Å². The van der Waals surface area contributed by atoms with Crippen molar-refractivity contribution in [2.45, 2.75) is 88.9 Å². The molecule has 0 spiro atoms. The Kier molecular flexibility index (Phi) is 13.8. The van der Waals surface area contributed by atoms with Crippen LogP contribution >= 0.6 is 0 Å². The molecule has 0 saturated heterocycles. The van der Waals surface area contributed by atoms with Gasteiger partial charge in [0.2, 0.25) is 0 Å². The average molecular weight is 623 g/mol. The molecule has 4 aromatic rings. The summed E-state index contributed by atoms with van der Waals surface area (Å²) in [6, 6.07) is 17.8. The SMILES string of the molecule is CCCc1cccc2cc(S(=O)(=O)[O-])cc(CCC)c12.CCCc1cccc2cc(S(=O)(=O)[O-])cc(CCC)c12.[Ca+2]. The molecule has 216 valence electrons. The number of benzene rings is 4. The van der Waals surface area contributed by atoms with Gasteiger partial charge in [0.15, 0.2) is 0 Å². The molecule has 0 atom stereocenters. The molecule has 4 aromatic carbocycles. The molecule has 0 aliphatic carbocycles. The minimum atomic E-state index is -4.41. The van der Waals surface area contributed by atoms with Crippen LogP contribution in [0.15, 0.2) is 70.5 Å². The Bertz CT molecular complexity index is 1570. The zero-order chi connectivity index (χ0) is 29.5. The van der Waals surface area contributed by atoms with Crippen molar-refractivity contribution in [3.63, 3.8) is 0 Å². The maximum absolute atomic E-state index is 11.3. The van der Waals surface area contributed by atoms with E-state index in [4.69, 9.17) is 0 Å². The van der Waals surface area contributed by atoms with Crippen LogP contribution in [0.3, 0.4) is 0 Å². The summed E-state index contributed by atoms with van der Waals surface area (Å²) >= 11 is 0. The molecule has 0 aromatic heterocycles. The Balaban J connectivity index is 0.000000280. The van der Waals surface area contributed by atoms with E-state index in [1.807, 2.05) is 38.1 Å². The smallest absolute Gasteiger partial charge is 0.744 e. The molecular weight excluding hydrogens is 585 g/mol. The van der Waals surface area contributed by atoms with Gasteiger partial charge in [0.1, 0.15) is 20.2 Å². The van der Waals surface area contributed by atoms with Crippen LogP contribution in [0.25, 0.3) is 21.5 Å². The number of aryl methyl sites for hydroxylation is 4. The molecule has 0 aliphatic heterocycles. The van der Waals surface area contributed by atoms with E-state index in [0.29, 0.717) is 0 Å². The molecule has 0 radical (unpaired) electrons. The monoisotopic (exact) mass is 622 g/mol. The third-order valence-corrected chi connectivity index (χ3v) is 8.52. The Labute approximate surface area is 275 Å². The zero-order valence-corrected chi connectivity index (χ0v) is 28.2. The molecule has 0 bridgehead atoms. The van der Waals surface area contributed by atoms with Gasteiger partial charge in [-0.15, -0.1) is 0 Å². The summed E-state index contributed by atoms with van der Waals surface area (Å²) in [5.41, 5.74) is 4.37. The molecule has 0 amide bonds. The summed E-state index contributed by atoms with van der Waals surface area (Å²) in [6.07, 6.45) is 7.37. The first-order valence-electron chi connectivity index (χ1n) is 13.9. The van der Waals surface area contributed by atoms with Crippen molar-refractivity contribution in [3.8, 4) is 0 Å². The van der Waals surface area contributed by atoms with Crippen LogP contribution in [0.1, 0.15) is 75.6 Å². The predicted octanol–water partition coefficient (Wildman–Crippen LogP) is 6.92. The molecule has 0 unspecified atom stereocenters. The van der Waals surface area contributed by atoms with Crippen LogP contribution in [-0.2, 0) is 45.9 Å². The van der Waals surface area contributed by atoms with Gasteiger partial charge < -0.3 is 9.11 Å². The summed E-state index contributed by atoms with van der Waals surface area (Å²) in [6.45, 7) is 8.34. The quantitative estimate of drug-likeness (QED) is 0.140. The fraction of sp³-hybridized carbons (Fsp3) is 0.375. The Hall–Kier alpha value is -1.52. The molecule has 0 aliphatic rings. The third kappa shape index (κ3) is 9.23. The van der Waals surface area contributed by atoms with E-state index < -0.39 is 20.2 Å². The van der Waals surface area contributed by atoms with E-state index in [2.05, 4.69) is 26.0 Å². The number of rotatable bonds is 10. The standard InChI is InChI=1S/2C16H20O3S.Ca/c2*1-3-6-12-8-5-9-14-11-15(20(17,18)19)10-13(7-4-2)16(12)14;/h2*5,8-11H,3-4,6-7H2,1-2H3,(H,17,18,19);/q;;+2/p-2. The number of fused-ring (bicyclic) bond motifs is 2.